The first-order chi connectivity index (χ1) is 8.82. The molecule has 0 radical (unpaired) electrons. The minimum Gasteiger partial charge on any atom is -0.458 e. The molecule has 1 heterocycles. The highest BCUT2D eigenvalue weighted by molar-refractivity contribution is 9.10. The Bertz CT molecular complexity index is 580. The second kappa shape index (κ2) is 5.29. The standard InChI is InChI=1S/C16H22BrNO/c1-6-18-15(16(3,4)5)13-9-11-7-10(2)8-12(17)14(11)19-13/h7-9,15,18H,6H2,1-5H3. The molecule has 0 aliphatic carbocycles. The Labute approximate surface area is 123 Å². The van der Waals surface area contributed by atoms with E-state index in [9.17, 15) is 0 Å². The fraction of sp³-hybridized carbons (Fsp3) is 0.500. The molecule has 0 amide bonds. The van der Waals surface area contributed by atoms with Crippen LogP contribution in [0.25, 0.3) is 11.0 Å². The first-order valence-corrected chi connectivity index (χ1v) is 7.55. The zero-order valence-electron chi connectivity index (χ0n) is 12.3. The smallest absolute Gasteiger partial charge is 0.148 e. The molecule has 1 unspecified atom stereocenters. The number of fused-ring (bicyclic) bond motifs is 1. The van der Waals surface area contributed by atoms with Gasteiger partial charge in [0.15, 0.2) is 0 Å². The van der Waals surface area contributed by atoms with Gasteiger partial charge in [-0.05, 0) is 58.6 Å². The topological polar surface area (TPSA) is 25.2 Å². The van der Waals surface area contributed by atoms with Crippen molar-refractivity contribution in [2.45, 2.75) is 40.7 Å². The Morgan fingerprint density at radius 1 is 1.26 bits per heavy atom. The largest absolute Gasteiger partial charge is 0.458 e. The maximum Gasteiger partial charge on any atom is 0.148 e. The number of hydrogen-bond donors (Lipinski definition) is 1. The molecule has 3 heteroatoms. The third kappa shape index (κ3) is 3.03. The summed E-state index contributed by atoms with van der Waals surface area (Å²) in [6.07, 6.45) is 0. The van der Waals surface area contributed by atoms with Crippen molar-refractivity contribution in [2.75, 3.05) is 6.54 Å². The van der Waals surface area contributed by atoms with Crippen LogP contribution < -0.4 is 5.32 Å². The van der Waals surface area contributed by atoms with E-state index in [2.05, 4.69) is 74.1 Å². The van der Waals surface area contributed by atoms with Crippen LogP contribution in [0.2, 0.25) is 0 Å². The lowest BCUT2D eigenvalue weighted by Crippen LogP contribution is -2.31. The summed E-state index contributed by atoms with van der Waals surface area (Å²) in [5.41, 5.74) is 2.29. The Kier molecular flexibility index (Phi) is 4.07. The van der Waals surface area contributed by atoms with Crippen LogP contribution >= 0.6 is 15.9 Å². The summed E-state index contributed by atoms with van der Waals surface area (Å²) in [7, 11) is 0. The van der Waals surface area contributed by atoms with E-state index in [1.54, 1.807) is 0 Å². The zero-order chi connectivity index (χ0) is 14.2. The van der Waals surface area contributed by atoms with E-state index in [0.717, 1.165) is 27.7 Å². The van der Waals surface area contributed by atoms with Gasteiger partial charge in [-0.3, -0.25) is 0 Å². The molecule has 1 aromatic heterocycles. The van der Waals surface area contributed by atoms with Gasteiger partial charge in [0.25, 0.3) is 0 Å². The summed E-state index contributed by atoms with van der Waals surface area (Å²) < 4.78 is 7.11. The molecule has 1 aromatic carbocycles. The van der Waals surface area contributed by atoms with Gasteiger partial charge in [0, 0.05) is 5.39 Å². The summed E-state index contributed by atoms with van der Waals surface area (Å²) >= 11 is 3.59. The highest BCUT2D eigenvalue weighted by Gasteiger charge is 2.28. The third-order valence-electron chi connectivity index (χ3n) is 3.29. The normalized spacial score (nSPS) is 14.0. The van der Waals surface area contributed by atoms with Gasteiger partial charge < -0.3 is 9.73 Å². The lowest BCUT2D eigenvalue weighted by Gasteiger charge is -2.29. The van der Waals surface area contributed by atoms with Gasteiger partial charge in [0.1, 0.15) is 11.3 Å². The zero-order valence-corrected chi connectivity index (χ0v) is 13.9. The number of aryl methyl sites for hydroxylation is 1. The molecule has 0 fully saturated rings. The van der Waals surface area contributed by atoms with Crippen molar-refractivity contribution in [3.63, 3.8) is 0 Å². The summed E-state index contributed by atoms with van der Waals surface area (Å²) in [4.78, 5) is 0. The summed E-state index contributed by atoms with van der Waals surface area (Å²) in [5.74, 6) is 1.01. The van der Waals surface area contributed by atoms with Crippen LogP contribution in [-0.4, -0.2) is 6.54 Å². The average molecular weight is 324 g/mol. The van der Waals surface area contributed by atoms with E-state index in [4.69, 9.17) is 4.42 Å². The van der Waals surface area contributed by atoms with Crippen molar-refractivity contribution in [3.8, 4) is 0 Å². The van der Waals surface area contributed by atoms with E-state index < -0.39 is 0 Å². The molecule has 19 heavy (non-hydrogen) atoms. The average Bonchev–Trinajstić information content (AvgIpc) is 2.67. The van der Waals surface area contributed by atoms with Crippen molar-refractivity contribution in [1.29, 1.82) is 0 Å². The number of furan rings is 1. The van der Waals surface area contributed by atoms with Crippen LogP contribution in [0.15, 0.2) is 27.1 Å². The summed E-state index contributed by atoms with van der Waals surface area (Å²) in [5, 5.41) is 4.69. The molecule has 1 atom stereocenters. The number of hydrogen-bond acceptors (Lipinski definition) is 2. The third-order valence-corrected chi connectivity index (χ3v) is 3.88. The van der Waals surface area contributed by atoms with E-state index in [0.29, 0.717) is 0 Å². The SMILES string of the molecule is CCNC(c1cc2cc(C)cc(Br)c2o1)C(C)(C)C. The molecule has 0 aliphatic rings. The van der Waals surface area contributed by atoms with Crippen molar-refractivity contribution in [3.05, 3.63) is 34.0 Å². The van der Waals surface area contributed by atoms with Crippen molar-refractivity contribution < 1.29 is 4.42 Å². The monoisotopic (exact) mass is 323 g/mol. The van der Waals surface area contributed by atoms with Crippen LogP contribution in [0.5, 0.6) is 0 Å². The van der Waals surface area contributed by atoms with E-state index in [-0.39, 0.29) is 11.5 Å². The van der Waals surface area contributed by atoms with E-state index >= 15 is 0 Å². The molecule has 2 aromatic rings. The van der Waals surface area contributed by atoms with Crippen LogP contribution in [0.1, 0.15) is 45.1 Å². The van der Waals surface area contributed by atoms with Crippen LogP contribution in [-0.2, 0) is 0 Å². The van der Waals surface area contributed by atoms with Crippen molar-refractivity contribution in [1.82, 2.24) is 5.32 Å². The minimum atomic E-state index is 0.116. The fourth-order valence-corrected chi connectivity index (χ4v) is 3.12. The van der Waals surface area contributed by atoms with Crippen LogP contribution in [0.4, 0.5) is 0 Å². The molecule has 2 rings (SSSR count). The number of nitrogens with one attached hydrogen (secondary N) is 1. The molecule has 0 saturated heterocycles. The fourth-order valence-electron chi connectivity index (χ4n) is 2.45. The number of rotatable bonds is 3. The van der Waals surface area contributed by atoms with Crippen molar-refractivity contribution >= 4 is 26.9 Å². The highest BCUT2D eigenvalue weighted by atomic mass is 79.9. The minimum absolute atomic E-state index is 0.116. The Balaban J connectivity index is 2.52. The van der Waals surface area contributed by atoms with Crippen molar-refractivity contribution in [2.24, 2.45) is 5.41 Å². The second-order valence-corrected chi connectivity index (χ2v) is 7.02. The molecule has 104 valence electrons. The van der Waals surface area contributed by atoms with Gasteiger partial charge in [-0.15, -0.1) is 0 Å². The highest BCUT2D eigenvalue weighted by Crippen LogP contribution is 2.37. The quantitative estimate of drug-likeness (QED) is 0.839. The molecular weight excluding hydrogens is 302 g/mol. The molecule has 0 bridgehead atoms. The maximum atomic E-state index is 6.09. The molecule has 2 nitrogen and oxygen atoms in total. The number of benzene rings is 1. The van der Waals surface area contributed by atoms with Gasteiger partial charge in [-0.1, -0.05) is 27.7 Å². The maximum absolute atomic E-state index is 6.09. The summed E-state index contributed by atoms with van der Waals surface area (Å²) in [6, 6.07) is 6.64. The first kappa shape index (κ1) is 14.6. The number of halogens is 1. The molecular formula is C16H22BrNO. The molecule has 0 spiro atoms. The van der Waals surface area contributed by atoms with E-state index in [1.165, 1.54) is 5.56 Å². The van der Waals surface area contributed by atoms with Gasteiger partial charge in [-0.2, -0.15) is 0 Å². The molecule has 1 N–H and O–H groups in total. The Morgan fingerprint density at radius 2 is 1.95 bits per heavy atom. The summed E-state index contributed by atoms with van der Waals surface area (Å²) in [6.45, 7) is 11.8. The predicted molar refractivity (Wildman–Crippen MR) is 84.5 cm³/mol. The molecule has 0 aliphatic heterocycles. The van der Waals surface area contributed by atoms with Crippen LogP contribution in [0, 0.1) is 12.3 Å². The van der Waals surface area contributed by atoms with Crippen LogP contribution in [0.3, 0.4) is 0 Å². The predicted octanol–water partition coefficient (Wildman–Crippen LogP) is 5.20. The van der Waals surface area contributed by atoms with E-state index in [1.807, 2.05) is 0 Å². The first-order valence-electron chi connectivity index (χ1n) is 6.76. The lowest BCUT2D eigenvalue weighted by atomic mass is 9.85. The van der Waals surface area contributed by atoms with Gasteiger partial charge >= 0.3 is 0 Å². The second-order valence-electron chi connectivity index (χ2n) is 6.17. The Hall–Kier alpha value is -0.800. The lowest BCUT2D eigenvalue weighted by molar-refractivity contribution is 0.244. The Morgan fingerprint density at radius 3 is 2.53 bits per heavy atom. The van der Waals surface area contributed by atoms with Gasteiger partial charge in [0.05, 0.1) is 10.5 Å². The van der Waals surface area contributed by atoms with Gasteiger partial charge in [-0.25, -0.2) is 0 Å². The van der Waals surface area contributed by atoms with Gasteiger partial charge in [0.2, 0.25) is 0 Å². The molecule has 0 saturated carbocycles.